The van der Waals surface area contributed by atoms with Crippen molar-refractivity contribution in [1.29, 1.82) is 0 Å². The lowest BCUT2D eigenvalue weighted by Crippen LogP contribution is -2.48. The van der Waals surface area contributed by atoms with Crippen molar-refractivity contribution in [1.82, 2.24) is 19.4 Å². The van der Waals surface area contributed by atoms with Gasteiger partial charge in [0.05, 0.1) is 16.8 Å². The van der Waals surface area contributed by atoms with Crippen molar-refractivity contribution in [2.24, 2.45) is 0 Å². The maximum absolute atomic E-state index is 13.1. The molecule has 1 aromatic heterocycles. The molecule has 0 spiro atoms. The van der Waals surface area contributed by atoms with Crippen molar-refractivity contribution < 1.29 is 9.59 Å². The Morgan fingerprint density at radius 3 is 2.52 bits per heavy atom. The molecule has 1 aliphatic heterocycles. The predicted molar refractivity (Wildman–Crippen MR) is 109 cm³/mol. The number of likely N-dealkylation sites (tertiary alicyclic amines) is 1. The highest BCUT2D eigenvalue weighted by Gasteiger charge is 2.29. The van der Waals surface area contributed by atoms with Gasteiger partial charge in [-0.3, -0.25) is 9.59 Å². The average Bonchev–Trinajstić information content (AvgIpc) is 2.97. The summed E-state index contributed by atoms with van der Waals surface area (Å²) in [6.45, 7) is 4.52. The summed E-state index contributed by atoms with van der Waals surface area (Å²) in [5.74, 6) is 0.461. The van der Waals surface area contributed by atoms with E-state index in [1.165, 1.54) is 18.2 Å². The molecule has 3 rings (SSSR count). The summed E-state index contributed by atoms with van der Waals surface area (Å²) < 4.78 is 1.96. The number of imidazole rings is 1. The third-order valence-electron chi connectivity index (χ3n) is 5.22. The third-order valence-corrected chi connectivity index (χ3v) is 6.18. The molecule has 2 amide bonds. The number of fused-ring (bicyclic) bond motifs is 1. The molecule has 1 saturated heterocycles. The van der Waals surface area contributed by atoms with E-state index in [0.717, 1.165) is 29.0 Å². The maximum atomic E-state index is 13.1. The van der Waals surface area contributed by atoms with Crippen LogP contribution in [0.1, 0.15) is 33.1 Å². The Labute approximate surface area is 164 Å². The van der Waals surface area contributed by atoms with Gasteiger partial charge in [-0.1, -0.05) is 23.9 Å². The molecule has 2 heterocycles. The number of piperidine rings is 1. The van der Waals surface area contributed by atoms with Gasteiger partial charge in [-0.2, -0.15) is 0 Å². The van der Waals surface area contributed by atoms with E-state index in [-0.39, 0.29) is 30.4 Å². The van der Waals surface area contributed by atoms with Gasteiger partial charge in [0.1, 0.15) is 6.54 Å². The molecule has 0 radical (unpaired) electrons. The van der Waals surface area contributed by atoms with Gasteiger partial charge in [-0.25, -0.2) is 4.98 Å². The Bertz CT molecular complexity index is 822. The van der Waals surface area contributed by atoms with Crippen LogP contribution in [0.25, 0.3) is 11.0 Å². The van der Waals surface area contributed by atoms with E-state index in [2.05, 4.69) is 18.8 Å². The Morgan fingerprint density at radius 2 is 1.85 bits per heavy atom. The lowest BCUT2D eigenvalue weighted by atomic mass is 9.97. The summed E-state index contributed by atoms with van der Waals surface area (Å²) in [5.41, 5.74) is 1.79. The molecule has 0 saturated carbocycles. The van der Waals surface area contributed by atoms with Gasteiger partial charge in [0, 0.05) is 26.2 Å². The minimum atomic E-state index is 0.0307. The fraction of sp³-hybridized carbons (Fsp3) is 0.550. The predicted octanol–water partition coefficient (Wildman–Crippen LogP) is 3.01. The Hall–Kier alpha value is -2.02. The van der Waals surface area contributed by atoms with Gasteiger partial charge < -0.3 is 14.4 Å². The molecule has 1 fully saturated rings. The number of carbonyl (C=O) groups is 2. The normalized spacial score (nSPS) is 20.1. The smallest absolute Gasteiger partial charge is 0.243 e. The first kappa shape index (κ1) is 19.7. The van der Waals surface area contributed by atoms with Gasteiger partial charge in [-0.15, -0.1) is 0 Å². The number of amides is 2. The van der Waals surface area contributed by atoms with Crippen molar-refractivity contribution >= 4 is 34.6 Å². The first-order valence-corrected chi connectivity index (χ1v) is 10.5. The van der Waals surface area contributed by atoms with Crippen LogP contribution in [0.5, 0.6) is 0 Å². The lowest BCUT2D eigenvalue weighted by Gasteiger charge is -2.39. The number of rotatable bonds is 5. The molecular formula is C20H28N4O2S. The summed E-state index contributed by atoms with van der Waals surface area (Å²) in [6, 6.07) is 8.35. The minimum Gasteiger partial charge on any atom is -0.348 e. The molecule has 2 aromatic rings. The highest BCUT2D eigenvalue weighted by molar-refractivity contribution is 7.99. The fourth-order valence-electron chi connectivity index (χ4n) is 3.70. The third kappa shape index (κ3) is 4.29. The van der Waals surface area contributed by atoms with Crippen LogP contribution in [0, 0.1) is 0 Å². The Morgan fingerprint density at radius 1 is 1.19 bits per heavy atom. The maximum Gasteiger partial charge on any atom is 0.243 e. The number of thioether (sulfide) groups is 1. The molecule has 146 valence electrons. The molecule has 0 unspecified atom stereocenters. The zero-order valence-electron chi connectivity index (χ0n) is 16.5. The van der Waals surface area contributed by atoms with E-state index in [0.29, 0.717) is 5.75 Å². The molecule has 27 heavy (non-hydrogen) atoms. The number of aromatic nitrogens is 2. The molecule has 0 bridgehead atoms. The number of hydrogen-bond donors (Lipinski definition) is 0. The largest absolute Gasteiger partial charge is 0.348 e. The number of hydrogen-bond acceptors (Lipinski definition) is 4. The molecule has 2 atom stereocenters. The van der Waals surface area contributed by atoms with Gasteiger partial charge in [-0.05, 0) is 45.2 Å². The summed E-state index contributed by atoms with van der Waals surface area (Å²) in [4.78, 5) is 33.4. The van der Waals surface area contributed by atoms with Crippen molar-refractivity contribution in [3.8, 4) is 0 Å². The second-order valence-electron chi connectivity index (χ2n) is 7.48. The minimum absolute atomic E-state index is 0.0307. The quantitative estimate of drug-likeness (QED) is 0.739. The van der Waals surface area contributed by atoms with Crippen LogP contribution in [0.2, 0.25) is 0 Å². The van der Waals surface area contributed by atoms with Gasteiger partial charge in [0.2, 0.25) is 11.8 Å². The average molecular weight is 389 g/mol. The lowest BCUT2D eigenvalue weighted by molar-refractivity contribution is -0.138. The van der Waals surface area contributed by atoms with Gasteiger partial charge >= 0.3 is 0 Å². The first-order chi connectivity index (χ1) is 12.9. The Kier molecular flexibility index (Phi) is 6.09. The Balaban J connectivity index is 1.86. The van der Waals surface area contributed by atoms with Gasteiger partial charge in [0.15, 0.2) is 5.16 Å². The van der Waals surface area contributed by atoms with E-state index < -0.39 is 0 Å². The number of para-hydroxylation sites is 2. The van der Waals surface area contributed by atoms with Crippen molar-refractivity contribution in [3.63, 3.8) is 0 Å². The standard InChI is InChI=1S/C20H28N4O2S/c1-14-8-7-9-15(2)24(14)18(25)12-23-17-11-6-5-10-16(17)21-20(23)27-13-19(26)22(3)4/h5-6,10-11,14-15H,7-9,12-13H2,1-4H3/t14-,15+. The highest BCUT2D eigenvalue weighted by Crippen LogP contribution is 2.27. The fourth-order valence-corrected chi connectivity index (χ4v) is 4.69. The van der Waals surface area contributed by atoms with E-state index in [1.54, 1.807) is 19.0 Å². The van der Waals surface area contributed by atoms with E-state index in [4.69, 9.17) is 0 Å². The summed E-state index contributed by atoms with van der Waals surface area (Å²) in [6.07, 6.45) is 3.28. The van der Waals surface area contributed by atoms with Crippen molar-refractivity contribution in [3.05, 3.63) is 24.3 Å². The zero-order valence-corrected chi connectivity index (χ0v) is 17.3. The molecule has 7 heteroatoms. The van der Waals surface area contributed by atoms with Crippen LogP contribution >= 0.6 is 11.8 Å². The molecule has 1 aliphatic rings. The summed E-state index contributed by atoms with van der Waals surface area (Å²) in [7, 11) is 3.49. The van der Waals surface area contributed by atoms with Crippen LogP contribution in [-0.2, 0) is 16.1 Å². The highest BCUT2D eigenvalue weighted by atomic mass is 32.2. The number of carbonyl (C=O) groups excluding carboxylic acids is 2. The van der Waals surface area contributed by atoms with Crippen LogP contribution in [0.4, 0.5) is 0 Å². The van der Waals surface area contributed by atoms with Crippen LogP contribution in [0.3, 0.4) is 0 Å². The molecular weight excluding hydrogens is 360 g/mol. The summed E-state index contributed by atoms with van der Waals surface area (Å²) in [5, 5.41) is 0.720. The summed E-state index contributed by atoms with van der Waals surface area (Å²) >= 11 is 1.39. The monoisotopic (exact) mass is 388 g/mol. The molecule has 0 aliphatic carbocycles. The zero-order chi connectivity index (χ0) is 19.6. The second-order valence-corrected chi connectivity index (χ2v) is 8.42. The van der Waals surface area contributed by atoms with E-state index >= 15 is 0 Å². The molecule has 0 N–H and O–H groups in total. The number of benzene rings is 1. The van der Waals surface area contributed by atoms with Crippen LogP contribution in [0.15, 0.2) is 29.4 Å². The molecule has 6 nitrogen and oxygen atoms in total. The van der Waals surface area contributed by atoms with Crippen molar-refractivity contribution in [2.45, 2.75) is 56.9 Å². The second kappa shape index (κ2) is 8.33. The number of nitrogens with zero attached hydrogens (tertiary/aromatic N) is 4. The van der Waals surface area contributed by atoms with Crippen molar-refractivity contribution in [2.75, 3.05) is 19.8 Å². The van der Waals surface area contributed by atoms with E-state index in [9.17, 15) is 9.59 Å². The van der Waals surface area contributed by atoms with Crippen LogP contribution in [-0.4, -0.2) is 63.1 Å². The first-order valence-electron chi connectivity index (χ1n) is 9.48. The SMILES string of the molecule is C[C@@H]1CCC[C@H](C)N1C(=O)Cn1c(SCC(=O)N(C)C)nc2ccccc21. The van der Waals surface area contributed by atoms with Crippen LogP contribution < -0.4 is 0 Å². The van der Waals surface area contributed by atoms with Gasteiger partial charge in [0.25, 0.3) is 0 Å². The van der Waals surface area contributed by atoms with E-state index in [1.807, 2.05) is 33.7 Å². The topological polar surface area (TPSA) is 58.4 Å². The molecule has 1 aromatic carbocycles.